The lowest BCUT2D eigenvalue weighted by molar-refractivity contribution is -0.144. The predicted octanol–water partition coefficient (Wildman–Crippen LogP) is 3.66. The topological polar surface area (TPSA) is 43.4 Å². The highest BCUT2D eigenvalue weighted by molar-refractivity contribution is 5.92. The van der Waals surface area contributed by atoms with Crippen molar-refractivity contribution in [3.8, 4) is 0 Å². The van der Waals surface area contributed by atoms with Crippen LogP contribution in [0.5, 0.6) is 0 Å². The number of benzene rings is 1. The van der Waals surface area contributed by atoms with Crippen LogP contribution < -0.4 is 0 Å². The van der Waals surface area contributed by atoms with E-state index in [0.29, 0.717) is 6.61 Å². The molecule has 3 heteroatoms. The Hall–Kier alpha value is -1.64. The largest absolute Gasteiger partial charge is 0.466 e. The summed E-state index contributed by atoms with van der Waals surface area (Å²) >= 11 is 0. The lowest BCUT2D eigenvalue weighted by atomic mass is 9.71. The van der Waals surface area contributed by atoms with E-state index in [-0.39, 0.29) is 24.6 Å². The Bertz CT molecular complexity index is 433. The third-order valence-corrected chi connectivity index (χ3v) is 3.93. The summed E-state index contributed by atoms with van der Waals surface area (Å²) in [6.07, 6.45) is 1.90. The van der Waals surface area contributed by atoms with E-state index in [9.17, 15) is 9.59 Å². The highest BCUT2D eigenvalue weighted by Gasteiger charge is 2.36. The summed E-state index contributed by atoms with van der Waals surface area (Å²) in [6, 6.07) is 9.84. The van der Waals surface area contributed by atoms with Crippen LogP contribution in [0.2, 0.25) is 0 Å². The third kappa shape index (κ3) is 3.69. The van der Waals surface area contributed by atoms with Gasteiger partial charge in [-0.25, -0.2) is 0 Å². The first-order valence-corrected chi connectivity index (χ1v) is 7.35. The van der Waals surface area contributed by atoms with E-state index in [2.05, 4.69) is 0 Å². The van der Waals surface area contributed by atoms with Crippen LogP contribution in [-0.4, -0.2) is 18.4 Å². The number of ether oxygens (including phenoxy) is 1. The fourth-order valence-electron chi connectivity index (χ4n) is 2.66. The first-order chi connectivity index (χ1) is 9.60. The number of carbonyl (C=O) groups is 2. The Kier molecular flexibility index (Phi) is 6.43. The molecular weight excluding hydrogens is 252 g/mol. The maximum atomic E-state index is 12.6. The van der Waals surface area contributed by atoms with Crippen molar-refractivity contribution >= 4 is 11.8 Å². The summed E-state index contributed by atoms with van der Waals surface area (Å²) in [7, 11) is 0. The molecule has 0 atom stereocenters. The van der Waals surface area contributed by atoms with Crippen LogP contribution in [0.4, 0.5) is 0 Å². The number of carbonyl (C=O) groups excluding carboxylic acids is 2. The molecule has 0 fully saturated rings. The highest BCUT2D eigenvalue weighted by atomic mass is 16.5. The quantitative estimate of drug-likeness (QED) is 0.681. The number of hydrogen-bond donors (Lipinski definition) is 0. The molecule has 0 bridgehead atoms. The fraction of sp³-hybridized carbons (Fsp3) is 0.529. The van der Waals surface area contributed by atoms with Crippen molar-refractivity contribution in [3.63, 3.8) is 0 Å². The van der Waals surface area contributed by atoms with E-state index in [1.807, 2.05) is 44.2 Å². The number of Topliss-reactive ketones (excluding diaryl/α,β-unsaturated/α-hetero) is 1. The molecule has 0 spiro atoms. The number of ketones is 1. The standard InChI is InChI=1S/C17H24O3/c1-4-17(5-2,14-10-8-7-9-11-14)15(18)12-13-16(19)20-6-3/h7-11H,4-6,12-13H2,1-3H3. The van der Waals surface area contributed by atoms with Crippen molar-refractivity contribution in [3.05, 3.63) is 35.9 Å². The molecule has 0 aliphatic rings. The minimum atomic E-state index is -0.478. The van der Waals surface area contributed by atoms with Crippen molar-refractivity contribution in [1.82, 2.24) is 0 Å². The maximum absolute atomic E-state index is 12.6. The normalized spacial score (nSPS) is 11.2. The van der Waals surface area contributed by atoms with E-state index in [0.717, 1.165) is 18.4 Å². The first kappa shape index (κ1) is 16.4. The maximum Gasteiger partial charge on any atom is 0.306 e. The number of esters is 1. The Labute approximate surface area is 121 Å². The van der Waals surface area contributed by atoms with Gasteiger partial charge < -0.3 is 4.74 Å². The lowest BCUT2D eigenvalue weighted by Gasteiger charge is -2.30. The van der Waals surface area contributed by atoms with E-state index in [4.69, 9.17) is 4.74 Å². The Morgan fingerprint density at radius 1 is 1.00 bits per heavy atom. The van der Waals surface area contributed by atoms with Gasteiger partial charge in [0.2, 0.25) is 0 Å². The summed E-state index contributed by atoms with van der Waals surface area (Å²) in [5.41, 5.74) is 0.562. The SMILES string of the molecule is CCOC(=O)CCC(=O)C(CC)(CC)c1ccccc1. The average Bonchev–Trinajstić information content (AvgIpc) is 2.48. The third-order valence-electron chi connectivity index (χ3n) is 3.93. The molecule has 0 amide bonds. The predicted molar refractivity (Wildman–Crippen MR) is 79.6 cm³/mol. The molecule has 0 N–H and O–H groups in total. The van der Waals surface area contributed by atoms with Crippen LogP contribution in [0.3, 0.4) is 0 Å². The van der Waals surface area contributed by atoms with Crippen LogP contribution in [0.25, 0.3) is 0 Å². The number of rotatable bonds is 8. The molecular formula is C17H24O3. The van der Waals surface area contributed by atoms with Crippen LogP contribution in [0.15, 0.2) is 30.3 Å². The molecule has 0 saturated heterocycles. The molecule has 0 saturated carbocycles. The van der Waals surface area contributed by atoms with E-state index in [1.54, 1.807) is 6.92 Å². The lowest BCUT2D eigenvalue weighted by Crippen LogP contribution is -2.35. The van der Waals surface area contributed by atoms with Gasteiger partial charge >= 0.3 is 5.97 Å². The van der Waals surface area contributed by atoms with Crippen LogP contribution in [0, 0.1) is 0 Å². The van der Waals surface area contributed by atoms with Crippen LogP contribution in [-0.2, 0) is 19.7 Å². The van der Waals surface area contributed by atoms with Crippen LogP contribution >= 0.6 is 0 Å². The van der Waals surface area contributed by atoms with Gasteiger partial charge in [0.15, 0.2) is 0 Å². The summed E-state index contributed by atoms with van der Waals surface area (Å²) in [4.78, 5) is 24.0. The summed E-state index contributed by atoms with van der Waals surface area (Å²) in [6.45, 7) is 6.18. The van der Waals surface area contributed by atoms with Crippen LogP contribution in [0.1, 0.15) is 52.0 Å². The smallest absolute Gasteiger partial charge is 0.306 e. The van der Waals surface area contributed by atoms with E-state index >= 15 is 0 Å². The minimum Gasteiger partial charge on any atom is -0.466 e. The van der Waals surface area contributed by atoms with Gasteiger partial charge in [-0.3, -0.25) is 9.59 Å². The molecule has 110 valence electrons. The van der Waals surface area contributed by atoms with Crippen molar-refractivity contribution in [2.45, 2.75) is 51.9 Å². The zero-order valence-electron chi connectivity index (χ0n) is 12.6. The van der Waals surface area contributed by atoms with Gasteiger partial charge in [0, 0.05) is 6.42 Å². The second-order valence-electron chi connectivity index (χ2n) is 4.88. The molecule has 1 aromatic carbocycles. The van der Waals surface area contributed by atoms with Crippen molar-refractivity contribution in [2.75, 3.05) is 6.61 Å². The van der Waals surface area contributed by atoms with Gasteiger partial charge in [-0.1, -0.05) is 44.2 Å². The molecule has 0 unspecified atom stereocenters. The van der Waals surface area contributed by atoms with Gasteiger partial charge in [-0.15, -0.1) is 0 Å². The molecule has 0 radical (unpaired) electrons. The molecule has 1 aromatic rings. The monoisotopic (exact) mass is 276 g/mol. The Balaban J connectivity index is 2.85. The van der Waals surface area contributed by atoms with Gasteiger partial charge in [-0.05, 0) is 25.3 Å². The average molecular weight is 276 g/mol. The van der Waals surface area contributed by atoms with Crippen molar-refractivity contribution in [2.24, 2.45) is 0 Å². The van der Waals surface area contributed by atoms with Crippen molar-refractivity contribution < 1.29 is 14.3 Å². The van der Waals surface area contributed by atoms with E-state index < -0.39 is 5.41 Å². The minimum absolute atomic E-state index is 0.127. The molecule has 20 heavy (non-hydrogen) atoms. The Morgan fingerprint density at radius 3 is 2.10 bits per heavy atom. The van der Waals surface area contributed by atoms with Gasteiger partial charge in [0.25, 0.3) is 0 Å². The Morgan fingerprint density at radius 2 is 1.60 bits per heavy atom. The molecule has 0 aliphatic heterocycles. The molecule has 0 heterocycles. The van der Waals surface area contributed by atoms with Gasteiger partial charge in [-0.2, -0.15) is 0 Å². The van der Waals surface area contributed by atoms with Gasteiger partial charge in [0.1, 0.15) is 5.78 Å². The van der Waals surface area contributed by atoms with Crippen molar-refractivity contribution in [1.29, 1.82) is 0 Å². The molecule has 0 aromatic heterocycles. The zero-order valence-corrected chi connectivity index (χ0v) is 12.6. The van der Waals surface area contributed by atoms with E-state index in [1.165, 1.54) is 0 Å². The summed E-state index contributed by atoms with van der Waals surface area (Å²) in [5, 5.41) is 0. The summed E-state index contributed by atoms with van der Waals surface area (Å²) < 4.78 is 4.89. The zero-order chi connectivity index (χ0) is 15.0. The highest BCUT2D eigenvalue weighted by Crippen LogP contribution is 2.34. The number of hydrogen-bond acceptors (Lipinski definition) is 3. The van der Waals surface area contributed by atoms with Gasteiger partial charge in [0.05, 0.1) is 18.4 Å². The summed E-state index contributed by atoms with van der Waals surface area (Å²) in [5.74, 6) is -0.170. The fourth-order valence-corrected chi connectivity index (χ4v) is 2.66. The second kappa shape index (κ2) is 7.83. The molecule has 0 aliphatic carbocycles. The molecule has 3 nitrogen and oxygen atoms in total. The second-order valence-corrected chi connectivity index (χ2v) is 4.88. The molecule has 1 rings (SSSR count). The first-order valence-electron chi connectivity index (χ1n) is 7.35.